The highest BCUT2D eigenvalue weighted by Gasteiger charge is 2.19. The molecule has 1 saturated heterocycles. The number of β-amino-alcohol motifs (C(OH)–C–C–N with tert-alkyl or cyclic N) is 2. The van der Waals surface area contributed by atoms with Gasteiger partial charge >= 0.3 is 0 Å². The molecule has 1 heterocycles. The van der Waals surface area contributed by atoms with Gasteiger partial charge in [0.05, 0.1) is 18.8 Å². The molecule has 0 spiro atoms. The number of hydrogen-bond acceptors (Lipinski definition) is 4. The highest BCUT2D eigenvalue weighted by Crippen LogP contribution is 2.09. The zero-order valence-electron chi connectivity index (χ0n) is 8.15. The lowest BCUT2D eigenvalue weighted by Crippen LogP contribution is -2.43. The Balaban J connectivity index is 2.19. The minimum absolute atomic E-state index is 0.219. The van der Waals surface area contributed by atoms with Crippen LogP contribution in [0.4, 0.5) is 0 Å². The number of aliphatic hydroxyl groups is 2. The second-order valence-corrected chi connectivity index (χ2v) is 3.66. The summed E-state index contributed by atoms with van der Waals surface area (Å²) in [6.45, 7) is 2.62. The molecule has 13 heavy (non-hydrogen) atoms. The van der Waals surface area contributed by atoms with Crippen LogP contribution in [0.15, 0.2) is 0 Å². The van der Waals surface area contributed by atoms with Crippen molar-refractivity contribution in [2.24, 2.45) is 0 Å². The Hall–Kier alpha value is -0.160. The molecule has 0 bridgehead atoms. The standard InChI is InChI=1S/C9H19NO3/c1-13-7-9(12)6-10-4-2-3-8(11)5-10/h8-9,11-12H,2-7H2,1H3/t8-,9?/m0/s1. The maximum absolute atomic E-state index is 9.44. The number of ether oxygens (including phenoxy) is 1. The van der Waals surface area contributed by atoms with E-state index in [0.29, 0.717) is 19.7 Å². The van der Waals surface area contributed by atoms with Crippen LogP contribution in [-0.4, -0.2) is 60.7 Å². The van der Waals surface area contributed by atoms with Crippen LogP contribution < -0.4 is 0 Å². The van der Waals surface area contributed by atoms with Gasteiger partial charge in [-0.2, -0.15) is 0 Å². The lowest BCUT2D eigenvalue weighted by atomic mass is 10.1. The zero-order chi connectivity index (χ0) is 9.68. The molecule has 4 nitrogen and oxygen atoms in total. The van der Waals surface area contributed by atoms with Gasteiger partial charge in [0.2, 0.25) is 0 Å². The molecule has 78 valence electrons. The molecule has 0 aromatic rings. The van der Waals surface area contributed by atoms with Gasteiger partial charge < -0.3 is 14.9 Å². The minimum Gasteiger partial charge on any atom is -0.392 e. The Morgan fingerprint density at radius 2 is 2.38 bits per heavy atom. The molecule has 0 saturated carbocycles. The maximum atomic E-state index is 9.44. The van der Waals surface area contributed by atoms with Crippen LogP contribution in [-0.2, 0) is 4.74 Å². The predicted octanol–water partition coefficient (Wildman–Crippen LogP) is -0.550. The average Bonchev–Trinajstić information content (AvgIpc) is 2.04. The van der Waals surface area contributed by atoms with Gasteiger partial charge in [-0.1, -0.05) is 0 Å². The summed E-state index contributed by atoms with van der Waals surface area (Å²) in [6.07, 6.45) is 1.25. The molecule has 0 aliphatic carbocycles. The van der Waals surface area contributed by atoms with Crippen LogP contribution in [0.3, 0.4) is 0 Å². The van der Waals surface area contributed by atoms with Crippen molar-refractivity contribution in [3.63, 3.8) is 0 Å². The van der Waals surface area contributed by atoms with Crippen molar-refractivity contribution < 1.29 is 14.9 Å². The van der Waals surface area contributed by atoms with Crippen LogP contribution in [0, 0.1) is 0 Å². The maximum Gasteiger partial charge on any atom is 0.0900 e. The van der Waals surface area contributed by atoms with E-state index in [1.165, 1.54) is 0 Å². The molecule has 4 heteroatoms. The van der Waals surface area contributed by atoms with Crippen LogP contribution >= 0.6 is 0 Å². The largest absolute Gasteiger partial charge is 0.392 e. The first-order valence-corrected chi connectivity index (χ1v) is 4.79. The van der Waals surface area contributed by atoms with Crippen molar-refractivity contribution in [1.82, 2.24) is 4.90 Å². The zero-order valence-corrected chi connectivity index (χ0v) is 8.15. The molecule has 0 aromatic heterocycles. The molecule has 1 rings (SSSR count). The lowest BCUT2D eigenvalue weighted by molar-refractivity contribution is 0.00964. The van der Waals surface area contributed by atoms with Crippen molar-refractivity contribution in [1.29, 1.82) is 0 Å². The highest BCUT2D eigenvalue weighted by molar-refractivity contribution is 4.73. The predicted molar refractivity (Wildman–Crippen MR) is 49.6 cm³/mol. The van der Waals surface area contributed by atoms with E-state index in [1.54, 1.807) is 7.11 Å². The quantitative estimate of drug-likeness (QED) is 0.623. The summed E-state index contributed by atoms with van der Waals surface area (Å²) in [5, 5.41) is 18.8. The second kappa shape index (κ2) is 5.54. The van der Waals surface area contributed by atoms with Gasteiger partial charge in [-0.05, 0) is 19.4 Å². The first-order chi connectivity index (χ1) is 6.22. The van der Waals surface area contributed by atoms with E-state index < -0.39 is 6.10 Å². The number of piperidine rings is 1. The molecule has 2 N–H and O–H groups in total. The Bertz CT molecular complexity index is 143. The molecule has 0 aromatic carbocycles. The molecular weight excluding hydrogens is 170 g/mol. The Morgan fingerprint density at radius 1 is 1.62 bits per heavy atom. The Labute approximate surface area is 79.1 Å². The van der Waals surface area contributed by atoms with Crippen LogP contribution in [0.2, 0.25) is 0 Å². The molecule has 2 atom stereocenters. The summed E-state index contributed by atoms with van der Waals surface area (Å²) in [5.74, 6) is 0. The number of nitrogens with zero attached hydrogens (tertiary/aromatic N) is 1. The van der Waals surface area contributed by atoms with E-state index >= 15 is 0 Å². The summed E-state index contributed by atoms with van der Waals surface area (Å²) in [6, 6.07) is 0. The van der Waals surface area contributed by atoms with Gasteiger partial charge in [-0.3, -0.25) is 4.90 Å². The van der Waals surface area contributed by atoms with E-state index in [0.717, 1.165) is 19.4 Å². The molecule has 1 fully saturated rings. The first kappa shape index (κ1) is 10.9. The Morgan fingerprint density at radius 3 is 3.00 bits per heavy atom. The van der Waals surface area contributed by atoms with Gasteiger partial charge in [-0.15, -0.1) is 0 Å². The van der Waals surface area contributed by atoms with Gasteiger partial charge in [0.1, 0.15) is 0 Å². The normalized spacial score (nSPS) is 27.5. The molecule has 1 aliphatic rings. The van der Waals surface area contributed by atoms with E-state index in [1.807, 2.05) is 0 Å². The summed E-state index contributed by atoms with van der Waals surface area (Å²) in [5.41, 5.74) is 0. The monoisotopic (exact) mass is 189 g/mol. The summed E-state index contributed by atoms with van der Waals surface area (Å²) in [7, 11) is 1.58. The number of rotatable bonds is 4. The number of likely N-dealkylation sites (tertiary alicyclic amines) is 1. The third-order valence-corrected chi connectivity index (χ3v) is 2.31. The van der Waals surface area contributed by atoms with Gasteiger partial charge in [0.25, 0.3) is 0 Å². The molecule has 0 radical (unpaired) electrons. The summed E-state index contributed by atoms with van der Waals surface area (Å²) >= 11 is 0. The van der Waals surface area contributed by atoms with Crippen molar-refractivity contribution in [3.8, 4) is 0 Å². The summed E-state index contributed by atoms with van der Waals surface area (Å²) in [4.78, 5) is 2.08. The van der Waals surface area contributed by atoms with E-state index in [2.05, 4.69) is 4.90 Å². The van der Waals surface area contributed by atoms with E-state index in [4.69, 9.17) is 4.74 Å². The van der Waals surface area contributed by atoms with E-state index in [-0.39, 0.29) is 6.10 Å². The van der Waals surface area contributed by atoms with Crippen LogP contribution in [0.5, 0.6) is 0 Å². The number of methoxy groups -OCH3 is 1. The third-order valence-electron chi connectivity index (χ3n) is 2.31. The highest BCUT2D eigenvalue weighted by atomic mass is 16.5. The molecule has 0 amide bonds. The molecule has 1 unspecified atom stereocenters. The fourth-order valence-corrected chi connectivity index (χ4v) is 1.74. The second-order valence-electron chi connectivity index (χ2n) is 3.66. The van der Waals surface area contributed by atoms with Crippen LogP contribution in [0.25, 0.3) is 0 Å². The number of hydrogen-bond donors (Lipinski definition) is 2. The Kier molecular flexibility index (Phi) is 4.66. The first-order valence-electron chi connectivity index (χ1n) is 4.79. The summed E-state index contributed by atoms with van der Waals surface area (Å²) < 4.78 is 4.83. The molecular formula is C9H19NO3. The van der Waals surface area contributed by atoms with Crippen LogP contribution in [0.1, 0.15) is 12.8 Å². The third kappa shape index (κ3) is 4.04. The van der Waals surface area contributed by atoms with Crippen molar-refractivity contribution >= 4 is 0 Å². The molecule has 1 aliphatic heterocycles. The smallest absolute Gasteiger partial charge is 0.0900 e. The van der Waals surface area contributed by atoms with E-state index in [9.17, 15) is 10.2 Å². The van der Waals surface area contributed by atoms with Crippen molar-refractivity contribution in [2.45, 2.75) is 25.0 Å². The van der Waals surface area contributed by atoms with Gasteiger partial charge in [-0.25, -0.2) is 0 Å². The van der Waals surface area contributed by atoms with Crippen molar-refractivity contribution in [3.05, 3.63) is 0 Å². The number of aliphatic hydroxyl groups excluding tert-OH is 2. The van der Waals surface area contributed by atoms with Crippen molar-refractivity contribution in [2.75, 3.05) is 33.4 Å². The minimum atomic E-state index is -0.435. The lowest BCUT2D eigenvalue weighted by Gasteiger charge is -2.31. The van der Waals surface area contributed by atoms with Gasteiger partial charge in [0, 0.05) is 20.2 Å². The van der Waals surface area contributed by atoms with Gasteiger partial charge in [0.15, 0.2) is 0 Å². The fourth-order valence-electron chi connectivity index (χ4n) is 1.74. The fraction of sp³-hybridized carbons (Fsp3) is 1.00. The SMILES string of the molecule is COCC(O)CN1CCC[C@H](O)C1. The average molecular weight is 189 g/mol. The topological polar surface area (TPSA) is 52.9 Å².